The zero-order valence-electron chi connectivity index (χ0n) is 17.9. The number of rotatable bonds is 7. The minimum atomic E-state index is -3.70. The van der Waals surface area contributed by atoms with Gasteiger partial charge < -0.3 is 20.1 Å². The lowest BCUT2D eigenvalue weighted by Gasteiger charge is -2.32. The molecule has 1 aliphatic rings. The van der Waals surface area contributed by atoms with Crippen molar-refractivity contribution in [1.29, 1.82) is 0 Å². The fourth-order valence-electron chi connectivity index (χ4n) is 3.56. The van der Waals surface area contributed by atoms with Crippen LogP contribution in [-0.2, 0) is 21.2 Å². The van der Waals surface area contributed by atoms with Gasteiger partial charge >= 0.3 is 0 Å². The Hall–Kier alpha value is -2.14. The molecule has 0 fully saturated rings. The molecule has 2 heterocycles. The van der Waals surface area contributed by atoms with Gasteiger partial charge in [0, 0.05) is 30.3 Å². The SMILES string of the molecule is CNC[C@@H]1Oc2ccc(NS(=O)(=O)c3cccs3)cc2CC(=O)N([C@@H](C)CO)C[C@H]1C. The van der Waals surface area contributed by atoms with Gasteiger partial charge in [0.2, 0.25) is 5.91 Å². The minimum absolute atomic E-state index is 0.0216. The van der Waals surface area contributed by atoms with Crippen molar-refractivity contribution in [2.45, 2.75) is 36.6 Å². The molecule has 2 aromatic rings. The lowest BCUT2D eigenvalue weighted by Crippen LogP contribution is -2.47. The summed E-state index contributed by atoms with van der Waals surface area (Å²) in [5.41, 5.74) is 0.962. The number of ether oxygens (including phenoxy) is 1. The Bertz CT molecular complexity index is 994. The number of aliphatic hydroxyl groups is 1. The number of aliphatic hydroxyl groups excluding tert-OH is 1. The van der Waals surface area contributed by atoms with Gasteiger partial charge in [-0.3, -0.25) is 9.52 Å². The molecule has 1 aliphatic heterocycles. The molecule has 3 rings (SSSR count). The molecule has 1 aromatic heterocycles. The van der Waals surface area contributed by atoms with E-state index in [1.165, 1.54) is 6.07 Å². The molecule has 10 heteroatoms. The van der Waals surface area contributed by atoms with Crippen molar-refractivity contribution in [2.24, 2.45) is 5.92 Å². The standard InChI is InChI=1S/C21H29N3O5S2/c1-14-12-24(15(2)13-25)20(26)10-16-9-17(6-7-18(16)29-19(14)11-22-3)23-31(27,28)21-5-4-8-30-21/h4-9,14-15,19,22-23,25H,10-13H2,1-3H3/t14-,15+,19+/m1/s1. The number of carbonyl (C=O) groups excluding carboxylic acids is 1. The minimum Gasteiger partial charge on any atom is -0.488 e. The average molecular weight is 468 g/mol. The lowest BCUT2D eigenvalue weighted by molar-refractivity contribution is -0.134. The summed E-state index contributed by atoms with van der Waals surface area (Å²) in [7, 11) is -1.86. The molecule has 0 saturated carbocycles. The molecule has 0 aliphatic carbocycles. The maximum Gasteiger partial charge on any atom is 0.271 e. The van der Waals surface area contributed by atoms with Crippen molar-refractivity contribution in [3.8, 4) is 5.75 Å². The van der Waals surface area contributed by atoms with Gasteiger partial charge in [0.05, 0.1) is 19.1 Å². The number of hydrogen-bond donors (Lipinski definition) is 3. The second-order valence-electron chi connectivity index (χ2n) is 7.81. The maximum atomic E-state index is 13.1. The molecule has 0 bridgehead atoms. The van der Waals surface area contributed by atoms with E-state index in [-0.39, 0.29) is 41.2 Å². The Balaban J connectivity index is 1.96. The van der Waals surface area contributed by atoms with E-state index in [0.717, 1.165) is 11.3 Å². The molecule has 0 unspecified atom stereocenters. The zero-order chi connectivity index (χ0) is 22.6. The van der Waals surface area contributed by atoms with Crippen LogP contribution in [0.15, 0.2) is 39.9 Å². The summed E-state index contributed by atoms with van der Waals surface area (Å²) in [6.45, 7) is 4.73. The third-order valence-electron chi connectivity index (χ3n) is 5.33. The monoisotopic (exact) mass is 467 g/mol. The van der Waals surface area contributed by atoms with Gasteiger partial charge in [-0.15, -0.1) is 11.3 Å². The Labute approximate surface area is 187 Å². The van der Waals surface area contributed by atoms with E-state index < -0.39 is 10.0 Å². The number of carbonyl (C=O) groups is 1. The smallest absolute Gasteiger partial charge is 0.271 e. The normalized spacial score (nSPS) is 20.8. The van der Waals surface area contributed by atoms with E-state index in [9.17, 15) is 18.3 Å². The van der Waals surface area contributed by atoms with Crippen LogP contribution < -0.4 is 14.8 Å². The van der Waals surface area contributed by atoms with Crippen LogP contribution in [-0.4, -0.2) is 63.2 Å². The highest BCUT2D eigenvalue weighted by Crippen LogP contribution is 2.30. The first-order chi connectivity index (χ1) is 14.7. The van der Waals surface area contributed by atoms with Gasteiger partial charge in [0.1, 0.15) is 16.1 Å². The molecular formula is C21H29N3O5S2. The summed E-state index contributed by atoms with van der Waals surface area (Å²) in [4.78, 5) is 14.8. The van der Waals surface area contributed by atoms with Crippen LogP contribution in [0.25, 0.3) is 0 Å². The van der Waals surface area contributed by atoms with E-state index in [1.54, 1.807) is 34.5 Å². The van der Waals surface area contributed by atoms with Crippen molar-refractivity contribution in [3.05, 3.63) is 41.3 Å². The van der Waals surface area contributed by atoms with Crippen LogP contribution in [0, 0.1) is 5.92 Å². The first-order valence-electron chi connectivity index (χ1n) is 10.2. The Morgan fingerprint density at radius 3 is 2.77 bits per heavy atom. The second-order valence-corrected chi connectivity index (χ2v) is 10.7. The number of thiophene rings is 1. The molecule has 0 spiro atoms. The molecule has 0 saturated heterocycles. The predicted molar refractivity (Wildman–Crippen MR) is 121 cm³/mol. The topological polar surface area (TPSA) is 108 Å². The molecule has 3 N–H and O–H groups in total. The van der Waals surface area contributed by atoms with Crippen LogP contribution in [0.3, 0.4) is 0 Å². The van der Waals surface area contributed by atoms with Gasteiger partial charge in [-0.1, -0.05) is 13.0 Å². The Morgan fingerprint density at radius 1 is 1.35 bits per heavy atom. The van der Waals surface area contributed by atoms with Crippen LogP contribution in [0.1, 0.15) is 19.4 Å². The number of sulfonamides is 1. The highest BCUT2D eigenvalue weighted by atomic mass is 32.2. The quantitative estimate of drug-likeness (QED) is 0.574. The van der Waals surface area contributed by atoms with E-state index in [1.807, 2.05) is 20.9 Å². The number of anilines is 1. The molecule has 0 radical (unpaired) electrons. The number of nitrogens with zero attached hydrogens (tertiary/aromatic N) is 1. The van der Waals surface area contributed by atoms with Gasteiger partial charge in [0.25, 0.3) is 10.0 Å². The maximum absolute atomic E-state index is 13.1. The number of fused-ring (bicyclic) bond motifs is 1. The van der Waals surface area contributed by atoms with E-state index in [2.05, 4.69) is 10.0 Å². The van der Waals surface area contributed by atoms with Crippen LogP contribution in [0.2, 0.25) is 0 Å². The fraction of sp³-hybridized carbons (Fsp3) is 0.476. The Kier molecular flexibility index (Phi) is 7.58. The van der Waals surface area contributed by atoms with Crippen molar-refractivity contribution >= 4 is 33.0 Å². The third-order valence-corrected chi connectivity index (χ3v) is 8.11. The number of nitrogens with one attached hydrogen (secondary N) is 2. The highest BCUT2D eigenvalue weighted by molar-refractivity contribution is 7.94. The molecule has 1 amide bonds. The van der Waals surface area contributed by atoms with Crippen molar-refractivity contribution in [3.63, 3.8) is 0 Å². The molecule has 3 atom stereocenters. The first kappa shape index (κ1) is 23.5. The van der Waals surface area contributed by atoms with Crippen LogP contribution >= 0.6 is 11.3 Å². The van der Waals surface area contributed by atoms with E-state index in [0.29, 0.717) is 30.1 Å². The van der Waals surface area contributed by atoms with Crippen molar-refractivity contribution in [2.75, 3.05) is 31.5 Å². The van der Waals surface area contributed by atoms with Gasteiger partial charge in [-0.05, 0) is 43.6 Å². The van der Waals surface area contributed by atoms with Crippen molar-refractivity contribution < 1.29 is 23.1 Å². The van der Waals surface area contributed by atoms with Crippen LogP contribution in [0.5, 0.6) is 5.75 Å². The lowest BCUT2D eigenvalue weighted by atomic mass is 10.0. The molecule has 8 nitrogen and oxygen atoms in total. The molecule has 1 aromatic carbocycles. The summed E-state index contributed by atoms with van der Waals surface area (Å²) in [6.07, 6.45) is -0.149. The predicted octanol–water partition coefficient (Wildman–Crippen LogP) is 1.92. The summed E-state index contributed by atoms with van der Waals surface area (Å²) in [5.74, 6) is 0.438. The molecule has 31 heavy (non-hydrogen) atoms. The summed E-state index contributed by atoms with van der Waals surface area (Å²) < 4.78 is 34.2. The summed E-state index contributed by atoms with van der Waals surface area (Å²) >= 11 is 1.13. The largest absolute Gasteiger partial charge is 0.488 e. The van der Waals surface area contributed by atoms with Gasteiger partial charge in [-0.25, -0.2) is 8.42 Å². The number of benzene rings is 1. The molecular weight excluding hydrogens is 438 g/mol. The average Bonchev–Trinajstić information content (AvgIpc) is 3.28. The second kappa shape index (κ2) is 9.99. The van der Waals surface area contributed by atoms with E-state index in [4.69, 9.17) is 4.74 Å². The highest BCUT2D eigenvalue weighted by Gasteiger charge is 2.30. The van der Waals surface area contributed by atoms with Crippen molar-refractivity contribution in [1.82, 2.24) is 10.2 Å². The number of hydrogen-bond acceptors (Lipinski definition) is 7. The fourth-order valence-corrected chi connectivity index (χ4v) is 5.60. The van der Waals surface area contributed by atoms with E-state index >= 15 is 0 Å². The summed E-state index contributed by atoms with van der Waals surface area (Å²) in [6, 6.07) is 7.88. The Morgan fingerprint density at radius 2 is 2.13 bits per heavy atom. The number of amides is 1. The zero-order valence-corrected chi connectivity index (χ0v) is 19.5. The van der Waals surface area contributed by atoms with Gasteiger partial charge in [0.15, 0.2) is 0 Å². The third kappa shape index (κ3) is 5.57. The first-order valence-corrected chi connectivity index (χ1v) is 12.5. The van der Waals surface area contributed by atoms with Gasteiger partial charge in [-0.2, -0.15) is 0 Å². The van der Waals surface area contributed by atoms with Crippen LogP contribution in [0.4, 0.5) is 5.69 Å². The number of likely N-dealkylation sites (N-methyl/N-ethyl adjacent to an activating group) is 1. The molecule has 170 valence electrons. The summed E-state index contributed by atoms with van der Waals surface area (Å²) in [5, 5.41) is 14.5.